The van der Waals surface area contributed by atoms with Gasteiger partial charge in [-0.1, -0.05) is 13.8 Å². The molecular formula is C12H20N2S. The molecule has 0 aliphatic heterocycles. The highest BCUT2D eigenvalue weighted by atomic mass is 32.2. The van der Waals surface area contributed by atoms with Crippen LogP contribution in [0.1, 0.15) is 32.9 Å². The lowest BCUT2D eigenvalue weighted by Crippen LogP contribution is -1.99. The second kappa shape index (κ2) is 6.72. The van der Waals surface area contributed by atoms with Gasteiger partial charge in [0.2, 0.25) is 0 Å². The van der Waals surface area contributed by atoms with Crippen LogP contribution < -0.4 is 5.32 Å². The molecule has 2 nitrogen and oxygen atoms in total. The molecule has 1 aromatic rings. The van der Waals surface area contributed by atoms with E-state index < -0.39 is 0 Å². The molecule has 0 bridgehead atoms. The fraction of sp³-hybridized carbons (Fsp3) is 0.583. The molecule has 1 rings (SSSR count). The lowest BCUT2D eigenvalue weighted by Gasteiger charge is -2.08. The van der Waals surface area contributed by atoms with E-state index in [1.165, 1.54) is 17.8 Å². The summed E-state index contributed by atoms with van der Waals surface area (Å²) < 4.78 is 0. The maximum absolute atomic E-state index is 4.37. The minimum Gasteiger partial charge on any atom is -0.385 e. The van der Waals surface area contributed by atoms with Gasteiger partial charge < -0.3 is 5.32 Å². The standard InChI is InChI=1S/C12H20N2S/c1-4-10(3)15-9-12-8-11(13-5-2)6-7-14-12/h6-8,10H,4-5,9H2,1-3H3,(H,13,14). The summed E-state index contributed by atoms with van der Waals surface area (Å²) in [5.41, 5.74) is 2.34. The van der Waals surface area contributed by atoms with E-state index >= 15 is 0 Å². The Morgan fingerprint density at radius 3 is 2.93 bits per heavy atom. The van der Waals surface area contributed by atoms with E-state index in [0.717, 1.165) is 17.5 Å². The van der Waals surface area contributed by atoms with E-state index in [1.807, 2.05) is 24.0 Å². The molecule has 1 aromatic heterocycles. The third-order valence-electron chi connectivity index (χ3n) is 2.29. The van der Waals surface area contributed by atoms with E-state index in [2.05, 4.69) is 37.1 Å². The summed E-state index contributed by atoms with van der Waals surface area (Å²) in [7, 11) is 0. The molecule has 1 atom stereocenters. The van der Waals surface area contributed by atoms with Crippen molar-refractivity contribution in [2.75, 3.05) is 11.9 Å². The van der Waals surface area contributed by atoms with Crippen LogP contribution in [0, 0.1) is 0 Å². The van der Waals surface area contributed by atoms with Gasteiger partial charge in [0.1, 0.15) is 0 Å². The average Bonchev–Trinajstić information content (AvgIpc) is 2.27. The van der Waals surface area contributed by atoms with Gasteiger partial charge in [0.25, 0.3) is 0 Å². The number of hydrogen-bond donors (Lipinski definition) is 1. The molecule has 84 valence electrons. The Bertz CT molecular complexity index is 289. The number of thioether (sulfide) groups is 1. The molecule has 1 unspecified atom stereocenters. The summed E-state index contributed by atoms with van der Waals surface area (Å²) in [6.45, 7) is 7.55. The highest BCUT2D eigenvalue weighted by Crippen LogP contribution is 2.19. The van der Waals surface area contributed by atoms with Crippen LogP contribution in [0.3, 0.4) is 0 Å². The summed E-state index contributed by atoms with van der Waals surface area (Å²) >= 11 is 1.97. The van der Waals surface area contributed by atoms with E-state index in [9.17, 15) is 0 Å². The zero-order valence-electron chi connectivity index (χ0n) is 9.79. The first-order valence-corrected chi connectivity index (χ1v) is 6.61. The van der Waals surface area contributed by atoms with E-state index in [4.69, 9.17) is 0 Å². The van der Waals surface area contributed by atoms with Crippen molar-refractivity contribution < 1.29 is 0 Å². The smallest absolute Gasteiger partial charge is 0.0523 e. The highest BCUT2D eigenvalue weighted by molar-refractivity contribution is 7.99. The summed E-state index contributed by atoms with van der Waals surface area (Å²) in [6, 6.07) is 4.15. The van der Waals surface area contributed by atoms with Gasteiger partial charge in [0, 0.05) is 29.4 Å². The number of hydrogen-bond acceptors (Lipinski definition) is 3. The maximum atomic E-state index is 4.37. The van der Waals surface area contributed by atoms with Crippen LogP contribution in [-0.2, 0) is 5.75 Å². The fourth-order valence-corrected chi connectivity index (χ4v) is 2.07. The quantitative estimate of drug-likeness (QED) is 0.800. The average molecular weight is 224 g/mol. The summed E-state index contributed by atoms with van der Waals surface area (Å²) in [6.07, 6.45) is 3.10. The van der Waals surface area contributed by atoms with Gasteiger partial charge in [-0.05, 0) is 25.5 Å². The van der Waals surface area contributed by atoms with Crippen LogP contribution in [-0.4, -0.2) is 16.8 Å². The van der Waals surface area contributed by atoms with Gasteiger partial charge in [-0.15, -0.1) is 0 Å². The summed E-state index contributed by atoms with van der Waals surface area (Å²) in [5, 5.41) is 4.02. The van der Waals surface area contributed by atoms with Crippen molar-refractivity contribution in [3.05, 3.63) is 24.0 Å². The zero-order chi connectivity index (χ0) is 11.1. The lowest BCUT2D eigenvalue weighted by molar-refractivity contribution is 0.904. The largest absolute Gasteiger partial charge is 0.385 e. The Labute approximate surface area is 96.9 Å². The summed E-state index contributed by atoms with van der Waals surface area (Å²) in [4.78, 5) is 4.37. The Morgan fingerprint density at radius 1 is 1.47 bits per heavy atom. The second-order valence-electron chi connectivity index (χ2n) is 3.60. The van der Waals surface area contributed by atoms with E-state index in [-0.39, 0.29) is 0 Å². The van der Waals surface area contributed by atoms with Crippen LogP contribution in [0.2, 0.25) is 0 Å². The van der Waals surface area contributed by atoms with Crippen LogP contribution in [0.25, 0.3) is 0 Å². The molecule has 0 fully saturated rings. The van der Waals surface area contributed by atoms with Crippen molar-refractivity contribution in [3.63, 3.8) is 0 Å². The van der Waals surface area contributed by atoms with Crippen molar-refractivity contribution in [3.8, 4) is 0 Å². The first-order valence-electron chi connectivity index (χ1n) is 5.56. The second-order valence-corrected chi connectivity index (χ2v) is 5.02. The number of anilines is 1. The number of rotatable bonds is 6. The molecule has 0 saturated heterocycles. The molecule has 0 aromatic carbocycles. The number of nitrogens with one attached hydrogen (secondary N) is 1. The van der Waals surface area contributed by atoms with Gasteiger partial charge in [-0.2, -0.15) is 11.8 Å². The maximum Gasteiger partial charge on any atom is 0.0523 e. The molecule has 1 N–H and O–H groups in total. The van der Waals surface area contributed by atoms with Gasteiger partial charge in [-0.3, -0.25) is 4.98 Å². The van der Waals surface area contributed by atoms with Gasteiger partial charge in [0.05, 0.1) is 5.69 Å². The predicted molar refractivity (Wildman–Crippen MR) is 69.4 cm³/mol. The lowest BCUT2D eigenvalue weighted by atomic mass is 10.3. The van der Waals surface area contributed by atoms with Crippen LogP contribution in [0.4, 0.5) is 5.69 Å². The van der Waals surface area contributed by atoms with Crippen LogP contribution in [0.15, 0.2) is 18.3 Å². The molecule has 0 radical (unpaired) electrons. The van der Waals surface area contributed by atoms with Crippen LogP contribution >= 0.6 is 11.8 Å². The molecular weight excluding hydrogens is 204 g/mol. The third kappa shape index (κ3) is 4.56. The molecule has 1 heterocycles. The SMILES string of the molecule is CCNc1ccnc(CSC(C)CC)c1. The predicted octanol–water partition coefficient (Wildman–Crippen LogP) is 3.55. The Balaban J connectivity index is 2.50. The third-order valence-corrected chi connectivity index (χ3v) is 3.65. The van der Waals surface area contributed by atoms with Crippen molar-refractivity contribution in [1.82, 2.24) is 4.98 Å². The van der Waals surface area contributed by atoms with Crippen molar-refractivity contribution in [2.24, 2.45) is 0 Å². The summed E-state index contributed by atoms with van der Waals surface area (Å²) in [5.74, 6) is 1.01. The van der Waals surface area contributed by atoms with Crippen molar-refractivity contribution >= 4 is 17.4 Å². The zero-order valence-corrected chi connectivity index (χ0v) is 10.6. The topological polar surface area (TPSA) is 24.9 Å². The van der Waals surface area contributed by atoms with Crippen molar-refractivity contribution in [1.29, 1.82) is 0 Å². The number of aromatic nitrogens is 1. The Hall–Kier alpha value is -0.700. The van der Waals surface area contributed by atoms with E-state index in [0.29, 0.717) is 0 Å². The van der Waals surface area contributed by atoms with Crippen molar-refractivity contribution in [2.45, 2.75) is 38.2 Å². The minimum absolute atomic E-state index is 0.717. The Kier molecular flexibility index (Phi) is 5.54. The molecule has 0 aliphatic carbocycles. The van der Waals surface area contributed by atoms with Crippen LogP contribution in [0.5, 0.6) is 0 Å². The van der Waals surface area contributed by atoms with Gasteiger partial charge in [-0.25, -0.2) is 0 Å². The first kappa shape index (κ1) is 12.4. The number of pyridine rings is 1. The molecule has 15 heavy (non-hydrogen) atoms. The van der Waals surface area contributed by atoms with Gasteiger partial charge in [0.15, 0.2) is 0 Å². The van der Waals surface area contributed by atoms with E-state index in [1.54, 1.807) is 0 Å². The number of nitrogens with zero attached hydrogens (tertiary/aromatic N) is 1. The molecule has 0 saturated carbocycles. The molecule has 0 aliphatic rings. The molecule has 3 heteroatoms. The highest BCUT2D eigenvalue weighted by Gasteiger charge is 2.01. The van der Waals surface area contributed by atoms with Gasteiger partial charge >= 0.3 is 0 Å². The minimum atomic E-state index is 0.717. The normalized spacial score (nSPS) is 12.5. The monoisotopic (exact) mass is 224 g/mol. The molecule has 0 spiro atoms. The first-order chi connectivity index (χ1) is 7.26. The fourth-order valence-electron chi connectivity index (χ4n) is 1.22. The Morgan fingerprint density at radius 2 is 2.27 bits per heavy atom. The molecule has 0 amide bonds.